The van der Waals surface area contributed by atoms with Crippen molar-refractivity contribution >= 4 is 23.4 Å². The number of aliphatic hydroxyl groups is 2. The predicted octanol–water partition coefficient (Wildman–Crippen LogP) is 1.62. The zero-order valence-electron chi connectivity index (χ0n) is 23.2. The molecule has 39 heavy (non-hydrogen) atoms. The summed E-state index contributed by atoms with van der Waals surface area (Å²) in [7, 11) is 2.89. The first-order chi connectivity index (χ1) is 18.4. The van der Waals surface area contributed by atoms with E-state index in [2.05, 4.69) is 12.2 Å². The zero-order chi connectivity index (χ0) is 28.6. The maximum atomic E-state index is 13.3. The molecule has 4 aliphatic carbocycles. The molecule has 3 N–H and O–H groups in total. The van der Waals surface area contributed by atoms with Gasteiger partial charge in [-0.2, -0.15) is 0 Å². The van der Waals surface area contributed by atoms with Gasteiger partial charge in [0.15, 0.2) is 18.7 Å². The Hall–Kier alpha value is -2.40. The molecule has 0 aromatic carbocycles. The first kappa shape index (κ1) is 29.6. The van der Waals surface area contributed by atoms with Gasteiger partial charge in [0, 0.05) is 37.4 Å². The summed E-state index contributed by atoms with van der Waals surface area (Å²) in [5.74, 6) is -1.72. The van der Waals surface area contributed by atoms with E-state index in [-0.39, 0.29) is 61.7 Å². The summed E-state index contributed by atoms with van der Waals surface area (Å²) in [6.07, 6.45) is 6.12. The quantitative estimate of drug-likeness (QED) is 0.274. The van der Waals surface area contributed by atoms with Crippen LogP contribution in [0.15, 0.2) is 23.8 Å². The number of ether oxygens (including phenoxy) is 3. The van der Waals surface area contributed by atoms with Crippen LogP contribution in [-0.4, -0.2) is 79.0 Å². The van der Waals surface area contributed by atoms with Crippen LogP contribution in [0.25, 0.3) is 0 Å². The zero-order valence-corrected chi connectivity index (χ0v) is 23.2. The number of allylic oxidation sites excluding steroid dienone is 4. The second-order valence-corrected chi connectivity index (χ2v) is 11.9. The molecule has 0 aromatic heterocycles. The van der Waals surface area contributed by atoms with E-state index >= 15 is 0 Å². The fourth-order valence-electron chi connectivity index (χ4n) is 7.89. The van der Waals surface area contributed by atoms with Gasteiger partial charge in [-0.1, -0.05) is 25.5 Å². The molecule has 0 bridgehead atoms. The standard InChI is InChI=1S/C29H41NO9/c1-27-11-9-18(31)13-17(27)5-6-19-20-10-12-29(36,28(20,2)14-21(32)26(19)27)22(33)16-39-24(35)8-7-23(34)30-15-25(37-3)38-4/h9,11,13,19-21,25-26,32,36H,5-8,10,12,14-16H2,1-4H3,(H,30,34)/t19-,20+,21+,26-,27-,28-,29-/m0/s1. The highest BCUT2D eigenvalue weighted by Crippen LogP contribution is 2.67. The molecule has 10 nitrogen and oxygen atoms in total. The molecule has 0 unspecified atom stereocenters. The first-order valence-corrected chi connectivity index (χ1v) is 13.8. The number of fused-ring (bicyclic) bond motifs is 5. The number of hydrogen-bond acceptors (Lipinski definition) is 9. The van der Waals surface area contributed by atoms with E-state index in [4.69, 9.17) is 14.2 Å². The van der Waals surface area contributed by atoms with E-state index in [1.807, 2.05) is 13.0 Å². The average molecular weight is 548 g/mol. The molecule has 4 rings (SSSR count). The minimum atomic E-state index is -1.73. The van der Waals surface area contributed by atoms with E-state index in [9.17, 15) is 29.4 Å². The van der Waals surface area contributed by atoms with Gasteiger partial charge in [-0.15, -0.1) is 0 Å². The van der Waals surface area contributed by atoms with Crippen molar-refractivity contribution in [2.75, 3.05) is 27.4 Å². The second-order valence-electron chi connectivity index (χ2n) is 11.9. The summed E-state index contributed by atoms with van der Waals surface area (Å²) in [4.78, 5) is 49.6. The van der Waals surface area contributed by atoms with Gasteiger partial charge in [-0.25, -0.2) is 0 Å². The number of rotatable bonds is 10. The molecule has 0 aliphatic heterocycles. The molecule has 0 spiro atoms. The topological polar surface area (TPSA) is 148 Å². The molecule has 0 aromatic rings. The van der Waals surface area contributed by atoms with Crippen LogP contribution in [0.3, 0.4) is 0 Å². The molecular formula is C29H41NO9. The second kappa shape index (κ2) is 11.2. The summed E-state index contributed by atoms with van der Waals surface area (Å²) >= 11 is 0. The summed E-state index contributed by atoms with van der Waals surface area (Å²) in [5, 5.41) is 25.8. The fourth-order valence-corrected chi connectivity index (χ4v) is 7.89. The molecule has 4 aliphatic rings. The van der Waals surface area contributed by atoms with Gasteiger partial charge in [0.2, 0.25) is 11.7 Å². The van der Waals surface area contributed by atoms with Crippen molar-refractivity contribution in [1.82, 2.24) is 5.32 Å². The average Bonchev–Trinajstić information content (AvgIpc) is 3.17. The lowest BCUT2D eigenvalue weighted by Crippen LogP contribution is -2.61. The molecule has 3 fully saturated rings. The van der Waals surface area contributed by atoms with Crippen molar-refractivity contribution in [1.29, 1.82) is 0 Å². The predicted molar refractivity (Wildman–Crippen MR) is 139 cm³/mol. The van der Waals surface area contributed by atoms with E-state index in [1.54, 1.807) is 12.2 Å². The normalized spacial score (nSPS) is 37.0. The minimum Gasteiger partial charge on any atom is -0.458 e. The van der Waals surface area contributed by atoms with Crippen molar-refractivity contribution in [3.05, 3.63) is 23.8 Å². The van der Waals surface area contributed by atoms with Crippen molar-refractivity contribution in [3.63, 3.8) is 0 Å². The highest BCUT2D eigenvalue weighted by molar-refractivity contribution is 6.01. The number of nitrogens with one attached hydrogen (secondary N) is 1. The molecule has 3 saturated carbocycles. The Morgan fingerprint density at radius 1 is 1.15 bits per heavy atom. The van der Waals surface area contributed by atoms with E-state index < -0.39 is 47.2 Å². The maximum Gasteiger partial charge on any atom is 0.306 e. The van der Waals surface area contributed by atoms with E-state index in [1.165, 1.54) is 14.2 Å². The number of ketones is 2. The number of aliphatic hydroxyl groups excluding tert-OH is 1. The van der Waals surface area contributed by atoms with Crippen molar-refractivity contribution in [2.24, 2.45) is 28.6 Å². The highest BCUT2D eigenvalue weighted by atomic mass is 16.7. The number of methoxy groups -OCH3 is 2. The Bertz CT molecular complexity index is 1060. The molecule has 216 valence electrons. The number of carbonyl (C=O) groups is 4. The Balaban J connectivity index is 1.37. The number of carbonyl (C=O) groups excluding carboxylic acids is 4. The van der Waals surface area contributed by atoms with Gasteiger partial charge >= 0.3 is 5.97 Å². The minimum absolute atomic E-state index is 0.00618. The van der Waals surface area contributed by atoms with E-state index in [0.717, 1.165) is 18.4 Å². The maximum absolute atomic E-state index is 13.3. The van der Waals surface area contributed by atoms with Gasteiger partial charge in [0.1, 0.15) is 5.60 Å². The van der Waals surface area contributed by atoms with Gasteiger partial charge < -0.3 is 29.7 Å². The van der Waals surface area contributed by atoms with Crippen LogP contribution in [-0.2, 0) is 33.4 Å². The Labute approximate surface area is 229 Å². The van der Waals surface area contributed by atoms with Gasteiger partial charge in [0.25, 0.3) is 0 Å². The Kier molecular flexibility index (Phi) is 8.52. The number of Topliss-reactive ketones (excluding diaryl/α,β-unsaturated/α-hetero) is 1. The van der Waals surface area contributed by atoms with Crippen molar-refractivity contribution < 1.29 is 43.6 Å². The van der Waals surface area contributed by atoms with Crippen LogP contribution < -0.4 is 5.32 Å². The SMILES string of the molecule is COC(CNC(=O)CCC(=O)OCC(=O)[C@@]1(O)CC[C@@H]2[C@@H]3CCC4=CC(=O)C=C[C@]4(C)[C@@H]3[C@H](O)C[C@@]21C)OC. The molecular weight excluding hydrogens is 506 g/mol. The van der Waals surface area contributed by atoms with Gasteiger partial charge in [-0.3, -0.25) is 19.2 Å². The lowest BCUT2D eigenvalue weighted by Gasteiger charge is -2.59. The molecule has 1 amide bonds. The third kappa shape index (κ3) is 5.24. The summed E-state index contributed by atoms with van der Waals surface area (Å²) in [6, 6.07) is 0. The Morgan fingerprint density at radius 3 is 2.56 bits per heavy atom. The lowest BCUT2D eigenvalue weighted by atomic mass is 9.46. The van der Waals surface area contributed by atoms with Crippen LogP contribution in [0.4, 0.5) is 0 Å². The number of esters is 1. The van der Waals surface area contributed by atoms with Crippen LogP contribution in [0, 0.1) is 28.6 Å². The molecule has 7 atom stereocenters. The molecule has 0 heterocycles. The first-order valence-electron chi connectivity index (χ1n) is 13.8. The third-order valence-electron chi connectivity index (χ3n) is 10.0. The summed E-state index contributed by atoms with van der Waals surface area (Å²) in [5.41, 5.74) is -1.99. The molecule has 0 radical (unpaired) electrons. The van der Waals surface area contributed by atoms with Gasteiger partial charge in [-0.05, 0) is 56.1 Å². The Morgan fingerprint density at radius 2 is 1.87 bits per heavy atom. The van der Waals surface area contributed by atoms with Gasteiger partial charge in [0.05, 0.1) is 19.1 Å². The summed E-state index contributed by atoms with van der Waals surface area (Å²) in [6.45, 7) is 3.48. The van der Waals surface area contributed by atoms with Crippen molar-refractivity contribution in [3.8, 4) is 0 Å². The van der Waals surface area contributed by atoms with Crippen LogP contribution in [0.1, 0.15) is 58.8 Å². The fraction of sp³-hybridized carbons (Fsp3) is 0.724. The monoisotopic (exact) mass is 547 g/mol. The van der Waals surface area contributed by atoms with Crippen molar-refractivity contribution in [2.45, 2.75) is 76.8 Å². The molecule has 0 saturated heterocycles. The largest absolute Gasteiger partial charge is 0.458 e. The number of hydrogen-bond donors (Lipinski definition) is 3. The summed E-state index contributed by atoms with van der Waals surface area (Å²) < 4.78 is 15.1. The smallest absolute Gasteiger partial charge is 0.306 e. The number of amides is 1. The lowest BCUT2D eigenvalue weighted by molar-refractivity contribution is -0.181. The van der Waals surface area contributed by atoms with E-state index in [0.29, 0.717) is 6.42 Å². The third-order valence-corrected chi connectivity index (χ3v) is 10.0. The van der Waals surface area contributed by atoms with Crippen LogP contribution >= 0.6 is 0 Å². The van der Waals surface area contributed by atoms with Crippen LogP contribution in [0.2, 0.25) is 0 Å². The highest BCUT2D eigenvalue weighted by Gasteiger charge is 2.68. The molecule has 10 heteroatoms. The van der Waals surface area contributed by atoms with Crippen LogP contribution in [0.5, 0.6) is 0 Å².